The Balaban J connectivity index is 2.28. The summed E-state index contributed by atoms with van der Waals surface area (Å²) in [6, 6.07) is 0. The molecule has 4 nitrogen and oxygen atoms in total. The highest BCUT2D eigenvalue weighted by Gasteiger charge is 2.57. The molecule has 4 heteroatoms. The smallest absolute Gasteiger partial charge is 0.328 e. The largest absolute Gasteiger partial charge is 0.478 e. The lowest BCUT2D eigenvalue weighted by molar-refractivity contribution is -0.131. The number of hydrogen-bond donors (Lipinski definition) is 3. The molecule has 0 aromatic heterocycles. The minimum atomic E-state index is -1.01. The summed E-state index contributed by atoms with van der Waals surface area (Å²) in [5.41, 5.74) is 1.48. The minimum Gasteiger partial charge on any atom is -0.478 e. The standard InChI is InChI=1S/C20H32O4/c1-13-6-5-7-16-19(3,9-8-15(12-21)11-18(23)24)14(2)10-17(22)20(13,16)4/h11,14,16-17,21-22H,1,5-10,12H2,2-4H3,(H,23,24)/b15-11-/t14-,16-,17+,19+,20+/m1/s1. The Bertz CT molecular complexity index is 538. The van der Waals surface area contributed by atoms with E-state index in [-0.39, 0.29) is 23.5 Å². The van der Waals surface area contributed by atoms with Crippen LogP contribution < -0.4 is 0 Å². The predicted molar refractivity (Wildman–Crippen MR) is 94.5 cm³/mol. The molecule has 0 aliphatic heterocycles. The second-order valence-electron chi connectivity index (χ2n) is 8.29. The van der Waals surface area contributed by atoms with Crippen molar-refractivity contribution >= 4 is 5.97 Å². The van der Waals surface area contributed by atoms with E-state index in [0.717, 1.165) is 43.8 Å². The highest BCUT2D eigenvalue weighted by atomic mass is 16.4. The number of aliphatic hydroxyl groups excluding tert-OH is 2. The molecule has 2 saturated carbocycles. The summed E-state index contributed by atoms with van der Waals surface area (Å²) in [6.45, 7) is 10.7. The van der Waals surface area contributed by atoms with E-state index in [0.29, 0.717) is 23.8 Å². The van der Waals surface area contributed by atoms with Gasteiger partial charge in [0.2, 0.25) is 0 Å². The van der Waals surface area contributed by atoms with E-state index < -0.39 is 5.97 Å². The average Bonchev–Trinajstić information content (AvgIpc) is 2.51. The molecular formula is C20H32O4. The third-order valence-electron chi connectivity index (χ3n) is 7.16. The first-order valence-electron chi connectivity index (χ1n) is 9.05. The quantitative estimate of drug-likeness (QED) is 0.530. The van der Waals surface area contributed by atoms with Crippen molar-refractivity contribution in [1.82, 2.24) is 0 Å². The molecule has 0 radical (unpaired) electrons. The summed E-state index contributed by atoms with van der Waals surface area (Å²) in [5.74, 6) is -0.316. The molecule has 0 aromatic rings. The van der Waals surface area contributed by atoms with Gasteiger partial charge in [-0.1, -0.05) is 32.9 Å². The molecule has 0 saturated heterocycles. The Hall–Kier alpha value is -1.13. The number of carboxylic acids is 1. The summed E-state index contributed by atoms with van der Waals surface area (Å²) in [6.07, 6.45) is 6.09. The van der Waals surface area contributed by atoms with Gasteiger partial charge in [0.15, 0.2) is 0 Å². The van der Waals surface area contributed by atoms with Crippen LogP contribution in [-0.4, -0.2) is 34.0 Å². The van der Waals surface area contributed by atoms with Crippen LogP contribution in [0.1, 0.15) is 59.3 Å². The van der Waals surface area contributed by atoms with Crippen molar-refractivity contribution in [3.63, 3.8) is 0 Å². The first kappa shape index (κ1) is 19.2. The SMILES string of the molecule is C=C1CCC[C@@H]2[C@@](C)(CC/C(=C/C(=O)O)CO)[C@H](C)C[C@H](O)[C@@]12C. The first-order valence-corrected chi connectivity index (χ1v) is 9.05. The summed E-state index contributed by atoms with van der Waals surface area (Å²) in [7, 11) is 0. The van der Waals surface area contributed by atoms with Gasteiger partial charge < -0.3 is 15.3 Å². The normalized spacial score (nSPS) is 40.3. The van der Waals surface area contributed by atoms with Crippen molar-refractivity contribution in [3.05, 3.63) is 23.8 Å². The van der Waals surface area contributed by atoms with Crippen LogP contribution in [0.5, 0.6) is 0 Å². The maximum absolute atomic E-state index is 10.9. The van der Waals surface area contributed by atoms with Gasteiger partial charge in [0.1, 0.15) is 0 Å². The summed E-state index contributed by atoms with van der Waals surface area (Å²) < 4.78 is 0. The molecule has 0 heterocycles. The molecule has 0 unspecified atom stereocenters. The molecule has 24 heavy (non-hydrogen) atoms. The first-order chi connectivity index (χ1) is 11.2. The Morgan fingerprint density at radius 2 is 2.08 bits per heavy atom. The number of carboxylic acid groups (broad SMARTS) is 1. The number of rotatable bonds is 5. The van der Waals surface area contributed by atoms with Gasteiger partial charge in [0, 0.05) is 11.5 Å². The molecule has 0 amide bonds. The van der Waals surface area contributed by atoms with E-state index in [9.17, 15) is 15.0 Å². The van der Waals surface area contributed by atoms with Gasteiger partial charge in [-0.2, -0.15) is 0 Å². The van der Waals surface area contributed by atoms with Gasteiger partial charge in [-0.15, -0.1) is 0 Å². The number of carbonyl (C=O) groups is 1. The zero-order chi connectivity index (χ0) is 18.1. The van der Waals surface area contributed by atoms with Gasteiger partial charge in [-0.25, -0.2) is 4.79 Å². The van der Waals surface area contributed by atoms with Crippen LogP contribution >= 0.6 is 0 Å². The third kappa shape index (κ3) is 3.18. The highest BCUT2D eigenvalue weighted by molar-refractivity contribution is 5.80. The molecular weight excluding hydrogens is 304 g/mol. The minimum absolute atomic E-state index is 0.00407. The topological polar surface area (TPSA) is 77.8 Å². The maximum atomic E-state index is 10.9. The summed E-state index contributed by atoms with van der Waals surface area (Å²) in [5, 5.41) is 29.2. The van der Waals surface area contributed by atoms with Crippen molar-refractivity contribution in [2.24, 2.45) is 22.7 Å². The molecule has 0 bridgehead atoms. The van der Waals surface area contributed by atoms with Crippen molar-refractivity contribution in [3.8, 4) is 0 Å². The molecule has 2 fully saturated rings. The van der Waals surface area contributed by atoms with E-state index in [4.69, 9.17) is 5.11 Å². The van der Waals surface area contributed by atoms with Crippen molar-refractivity contribution < 1.29 is 20.1 Å². The summed E-state index contributed by atoms with van der Waals surface area (Å²) >= 11 is 0. The van der Waals surface area contributed by atoms with E-state index in [1.807, 2.05) is 0 Å². The van der Waals surface area contributed by atoms with E-state index in [2.05, 4.69) is 27.4 Å². The fraction of sp³-hybridized carbons (Fsp3) is 0.750. The van der Waals surface area contributed by atoms with Gasteiger partial charge >= 0.3 is 5.97 Å². The Labute approximate surface area is 145 Å². The van der Waals surface area contributed by atoms with E-state index in [1.165, 1.54) is 0 Å². The van der Waals surface area contributed by atoms with E-state index in [1.54, 1.807) is 0 Å². The maximum Gasteiger partial charge on any atom is 0.328 e. The van der Waals surface area contributed by atoms with Crippen LogP contribution in [0.4, 0.5) is 0 Å². The molecule has 5 atom stereocenters. The molecule has 3 N–H and O–H groups in total. The fourth-order valence-corrected chi connectivity index (χ4v) is 5.23. The van der Waals surface area contributed by atoms with Gasteiger partial charge in [-0.05, 0) is 61.3 Å². The van der Waals surface area contributed by atoms with Gasteiger partial charge in [0.05, 0.1) is 12.7 Å². The molecule has 0 spiro atoms. The Kier molecular flexibility index (Phi) is 5.61. The zero-order valence-electron chi connectivity index (χ0n) is 15.2. The Morgan fingerprint density at radius 3 is 2.67 bits per heavy atom. The van der Waals surface area contributed by atoms with Crippen molar-refractivity contribution in [2.45, 2.75) is 65.4 Å². The second kappa shape index (κ2) is 7.01. The van der Waals surface area contributed by atoms with Crippen LogP contribution in [0.3, 0.4) is 0 Å². The number of aliphatic carboxylic acids is 1. The average molecular weight is 336 g/mol. The molecule has 0 aromatic carbocycles. The lowest BCUT2D eigenvalue weighted by atomic mass is 9.45. The monoisotopic (exact) mass is 336 g/mol. The molecule has 2 aliphatic rings. The Morgan fingerprint density at radius 1 is 1.42 bits per heavy atom. The van der Waals surface area contributed by atoms with Crippen molar-refractivity contribution in [1.29, 1.82) is 0 Å². The molecule has 2 aliphatic carbocycles. The summed E-state index contributed by atoms with van der Waals surface area (Å²) in [4.78, 5) is 10.9. The van der Waals surface area contributed by atoms with Crippen LogP contribution in [0.25, 0.3) is 0 Å². The third-order valence-corrected chi connectivity index (χ3v) is 7.16. The fourth-order valence-electron chi connectivity index (χ4n) is 5.23. The van der Waals surface area contributed by atoms with Crippen LogP contribution in [0.15, 0.2) is 23.8 Å². The number of aliphatic hydroxyl groups is 2. The predicted octanol–water partition coefficient (Wildman–Crippen LogP) is 3.54. The van der Waals surface area contributed by atoms with Crippen LogP contribution in [-0.2, 0) is 4.79 Å². The van der Waals surface area contributed by atoms with E-state index >= 15 is 0 Å². The van der Waals surface area contributed by atoms with Gasteiger partial charge in [0.25, 0.3) is 0 Å². The zero-order valence-corrected chi connectivity index (χ0v) is 15.2. The number of hydrogen-bond acceptors (Lipinski definition) is 3. The second-order valence-corrected chi connectivity index (χ2v) is 8.29. The molecule has 136 valence electrons. The lowest BCUT2D eigenvalue weighted by Crippen LogP contribution is -2.57. The molecule has 2 rings (SSSR count). The number of fused-ring (bicyclic) bond motifs is 1. The van der Waals surface area contributed by atoms with Crippen molar-refractivity contribution in [2.75, 3.05) is 6.61 Å². The van der Waals surface area contributed by atoms with Gasteiger partial charge in [-0.3, -0.25) is 0 Å². The van der Waals surface area contributed by atoms with Crippen LogP contribution in [0, 0.1) is 22.7 Å². The lowest BCUT2D eigenvalue weighted by Gasteiger charge is -2.60. The highest BCUT2D eigenvalue weighted by Crippen LogP contribution is 2.62. The van der Waals surface area contributed by atoms with Crippen LogP contribution in [0.2, 0.25) is 0 Å².